The molecule has 0 spiro atoms. The number of hydrogen-bond donors (Lipinski definition) is 1. The van der Waals surface area contributed by atoms with Crippen LogP contribution in [-0.2, 0) is 22.4 Å². The molecule has 1 aliphatic carbocycles. The van der Waals surface area contributed by atoms with Gasteiger partial charge < -0.3 is 10.1 Å². The van der Waals surface area contributed by atoms with Crippen LogP contribution in [0.5, 0.6) is 0 Å². The molecule has 1 N–H and O–H groups in total. The van der Waals surface area contributed by atoms with Gasteiger partial charge in [-0.1, -0.05) is 0 Å². The van der Waals surface area contributed by atoms with Gasteiger partial charge in [-0.3, -0.25) is 9.59 Å². The number of carbonyl (C=O) groups is 2. The van der Waals surface area contributed by atoms with Gasteiger partial charge in [0.1, 0.15) is 5.38 Å². The Bertz CT molecular complexity index is 463. The summed E-state index contributed by atoms with van der Waals surface area (Å²) in [6, 6.07) is 1.95. The van der Waals surface area contributed by atoms with E-state index in [0.717, 1.165) is 12.8 Å². The molecule has 6 heteroatoms. The van der Waals surface area contributed by atoms with E-state index in [2.05, 4.69) is 10.1 Å². The molecule has 4 nitrogen and oxygen atoms in total. The fourth-order valence-electron chi connectivity index (χ4n) is 2.08. The molecule has 0 bridgehead atoms. The number of hydrogen-bond acceptors (Lipinski definition) is 4. The van der Waals surface area contributed by atoms with E-state index < -0.39 is 11.3 Å². The maximum atomic E-state index is 12.0. The number of aryl methyl sites for hydroxylation is 2. The number of fused-ring (bicyclic) bond motifs is 1. The van der Waals surface area contributed by atoms with Crippen LogP contribution in [0.1, 0.15) is 33.0 Å². The van der Waals surface area contributed by atoms with Gasteiger partial charge in [-0.05, 0) is 37.3 Å². The highest BCUT2D eigenvalue weighted by Gasteiger charge is 2.20. The van der Waals surface area contributed by atoms with Gasteiger partial charge in [-0.15, -0.1) is 22.9 Å². The molecule has 0 saturated heterocycles. The van der Waals surface area contributed by atoms with Crippen LogP contribution in [0.2, 0.25) is 0 Å². The molecule has 0 aliphatic heterocycles. The fraction of sp³-hybridized carbons (Fsp3) is 0.538. The first-order valence-corrected chi connectivity index (χ1v) is 7.48. The van der Waals surface area contributed by atoms with Crippen LogP contribution in [0.3, 0.4) is 0 Å². The second kappa shape index (κ2) is 6.39. The Hall–Kier alpha value is -1.07. The topological polar surface area (TPSA) is 55.4 Å². The van der Waals surface area contributed by atoms with Gasteiger partial charge in [-0.25, -0.2) is 0 Å². The minimum atomic E-state index is -0.844. The van der Waals surface area contributed by atoms with Gasteiger partial charge in [0.25, 0.3) is 5.91 Å². The second-order valence-corrected chi connectivity index (χ2v) is 6.13. The summed E-state index contributed by atoms with van der Waals surface area (Å²) in [4.78, 5) is 25.1. The largest absolute Gasteiger partial charge is 0.468 e. The number of amides is 1. The van der Waals surface area contributed by atoms with E-state index in [1.165, 1.54) is 41.7 Å². The third kappa shape index (κ3) is 3.48. The molecular weight excluding hydrogens is 286 g/mol. The van der Waals surface area contributed by atoms with Gasteiger partial charge in [0.15, 0.2) is 0 Å². The zero-order valence-corrected chi connectivity index (χ0v) is 12.3. The van der Waals surface area contributed by atoms with Crippen molar-refractivity contribution >= 4 is 34.8 Å². The van der Waals surface area contributed by atoms with Crippen LogP contribution in [0.25, 0.3) is 0 Å². The van der Waals surface area contributed by atoms with Crippen molar-refractivity contribution in [2.75, 3.05) is 13.7 Å². The number of thiophene rings is 1. The summed E-state index contributed by atoms with van der Waals surface area (Å²) >= 11 is 7.32. The van der Waals surface area contributed by atoms with Crippen LogP contribution in [0.15, 0.2) is 6.07 Å². The second-order valence-electron chi connectivity index (χ2n) is 4.47. The number of halogens is 1. The van der Waals surface area contributed by atoms with Crippen LogP contribution in [0.4, 0.5) is 0 Å². The lowest BCUT2D eigenvalue weighted by Crippen LogP contribution is -2.33. The number of carbonyl (C=O) groups excluding carboxylic acids is 2. The van der Waals surface area contributed by atoms with Gasteiger partial charge in [0.05, 0.1) is 12.0 Å². The summed E-state index contributed by atoms with van der Waals surface area (Å²) in [5, 5.41) is 1.82. The first kappa shape index (κ1) is 14.3. The fourth-order valence-corrected chi connectivity index (χ4v) is 3.42. The average molecular weight is 302 g/mol. The standard InChI is InChI=1S/C13H16ClNO3S/c1-18-13(17)9(14)7-15-12(16)11-6-8-4-2-3-5-10(8)19-11/h6,9H,2-5,7H2,1H3,(H,15,16). The van der Waals surface area contributed by atoms with Crippen molar-refractivity contribution in [3.63, 3.8) is 0 Å². The molecule has 1 aromatic rings. The molecule has 0 fully saturated rings. The number of esters is 1. The van der Waals surface area contributed by atoms with E-state index in [1.54, 1.807) is 0 Å². The lowest BCUT2D eigenvalue weighted by molar-refractivity contribution is -0.140. The summed E-state index contributed by atoms with van der Waals surface area (Å²) < 4.78 is 4.50. The minimum Gasteiger partial charge on any atom is -0.468 e. The van der Waals surface area contributed by atoms with E-state index in [-0.39, 0.29) is 12.5 Å². The predicted molar refractivity (Wildman–Crippen MR) is 75.0 cm³/mol. The summed E-state index contributed by atoms with van der Waals surface area (Å²) in [5.74, 6) is -0.707. The van der Waals surface area contributed by atoms with Crippen molar-refractivity contribution in [1.82, 2.24) is 5.32 Å². The zero-order chi connectivity index (χ0) is 13.8. The Labute approximate surface area is 121 Å². The molecule has 104 valence electrons. The molecule has 1 heterocycles. The number of nitrogens with one attached hydrogen (secondary N) is 1. The Kier molecular flexibility index (Phi) is 4.82. The molecule has 1 amide bonds. The number of methoxy groups -OCH3 is 1. The Morgan fingerprint density at radius 2 is 2.21 bits per heavy atom. The summed E-state index contributed by atoms with van der Waals surface area (Å²) in [5.41, 5.74) is 1.29. The quantitative estimate of drug-likeness (QED) is 0.685. The molecule has 0 saturated carbocycles. The van der Waals surface area contributed by atoms with Crippen molar-refractivity contribution in [1.29, 1.82) is 0 Å². The summed E-state index contributed by atoms with van der Waals surface area (Å²) in [6.45, 7) is 0.0790. The Balaban J connectivity index is 1.93. The van der Waals surface area contributed by atoms with E-state index in [4.69, 9.17) is 11.6 Å². The van der Waals surface area contributed by atoms with Crippen molar-refractivity contribution in [2.45, 2.75) is 31.1 Å². The molecule has 2 rings (SSSR count). The van der Waals surface area contributed by atoms with E-state index >= 15 is 0 Å². The average Bonchev–Trinajstić information content (AvgIpc) is 2.87. The van der Waals surface area contributed by atoms with E-state index in [1.807, 2.05) is 6.07 Å². The lowest BCUT2D eigenvalue weighted by atomic mass is 9.99. The van der Waals surface area contributed by atoms with Crippen LogP contribution in [0, 0.1) is 0 Å². The maximum Gasteiger partial charge on any atom is 0.325 e. The van der Waals surface area contributed by atoms with Gasteiger partial charge in [-0.2, -0.15) is 0 Å². The van der Waals surface area contributed by atoms with Crippen LogP contribution >= 0.6 is 22.9 Å². The molecule has 1 aromatic heterocycles. The monoisotopic (exact) mass is 301 g/mol. The predicted octanol–water partition coefficient (Wildman–Crippen LogP) is 2.14. The highest BCUT2D eigenvalue weighted by molar-refractivity contribution is 7.14. The zero-order valence-electron chi connectivity index (χ0n) is 10.7. The molecule has 0 radical (unpaired) electrons. The van der Waals surface area contributed by atoms with Crippen molar-refractivity contribution in [3.05, 3.63) is 21.4 Å². The number of alkyl halides is 1. The van der Waals surface area contributed by atoms with Gasteiger partial charge >= 0.3 is 5.97 Å². The van der Waals surface area contributed by atoms with Gasteiger partial charge in [0, 0.05) is 11.4 Å². The smallest absolute Gasteiger partial charge is 0.325 e. The Morgan fingerprint density at radius 3 is 2.89 bits per heavy atom. The summed E-state index contributed by atoms with van der Waals surface area (Å²) in [6.07, 6.45) is 4.50. The van der Waals surface area contributed by atoms with E-state index in [9.17, 15) is 9.59 Å². The highest BCUT2D eigenvalue weighted by Crippen LogP contribution is 2.29. The normalized spacial score (nSPS) is 15.5. The first-order valence-electron chi connectivity index (χ1n) is 6.23. The maximum absolute atomic E-state index is 12.0. The van der Waals surface area contributed by atoms with Crippen LogP contribution in [-0.4, -0.2) is 30.9 Å². The van der Waals surface area contributed by atoms with Crippen molar-refractivity contribution < 1.29 is 14.3 Å². The molecule has 1 unspecified atom stereocenters. The van der Waals surface area contributed by atoms with Gasteiger partial charge in [0.2, 0.25) is 0 Å². The molecule has 1 aliphatic rings. The highest BCUT2D eigenvalue weighted by atomic mass is 35.5. The minimum absolute atomic E-state index is 0.0790. The summed E-state index contributed by atoms with van der Waals surface area (Å²) in [7, 11) is 1.27. The first-order chi connectivity index (χ1) is 9.11. The number of rotatable bonds is 4. The van der Waals surface area contributed by atoms with Crippen LogP contribution < -0.4 is 5.32 Å². The Morgan fingerprint density at radius 1 is 1.47 bits per heavy atom. The third-order valence-corrected chi connectivity index (χ3v) is 4.69. The van der Waals surface area contributed by atoms with Crippen molar-refractivity contribution in [2.24, 2.45) is 0 Å². The van der Waals surface area contributed by atoms with Crippen molar-refractivity contribution in [3.8, 4) is 0 Å². The SMILES string of the molecule is COC(=O)C(Cl)CNC(=O)c1cc2c(s1)CCCC2. The lowest BCUT2D eigenvalue weighted by Gasteiger charge is -2.08. The molecular formula is C13H16ClNO3S. The number of ether oxygens (including phenoxy) is 1. The van der Waals surface area contributed by atoms with E-state index in [0.29, 0.717) is 4.88 Å². The molecule has 1 atom stereocenters. The molecule has 0 aromatic carbocycles. The molecule has 19 heavy (non-hydrogen) atoms. The third-order valence-electron chi connectivity index (χ3n) is 3.12.